The molecule has 8 nitrogen and oxygen atoms in total. The van der Waals surface area contributed by atoms with Crippen molar-refractivity contribution in [3.05, 3.63) is 53.6 Å². The number of anilines is 1. The fourth-order valence-electron chi connectivity index (χ4n) is 2.61. The van der Waals surface area contributed by atoms with Crippen LogP contribution >= 0.6 is 0 Å². The monoisotopic (exact) mass is 398 g/mol. The number of esters is 1. The molecule has 0 saturated heterocycles. The molecular weight excluding hydrogens is 376 g/mol. The SMILES string of the molecule is COc1ccc(OC)c(C(=O)OCC(=O)Nc2cccc(C(=O)NC3CC3)c2)c1. The second-order valence-electron chi connectivity index (χ2n) is 6.52. The normalized spacial score (nSPS) is 12.6. The molecule has 1 aliphatic rings. The van der Waals surface area contributed by atoms with Crippen LogP contribution in [0.25, 0.3) is 0 Å². The number of nitrogens with one attached hydrogen (secondary N) is 2. The lowest BCUT2D eigenvalue weighted by Crippen LogP contribution is -2.25. The number of ether oxygens (including phenoxy) is 3. The van der Waals surface area contributed by atoms with E-state index in [9.17, 15) is 14.4 Å². The Labute approximate surface area is 168 Å². The van der Waals surface area contributed by atoms with Crippen LogP contribution in [0.4, 0.5) is 5.69 Å². The zero-order valence-corrected chi connectivity index (χ0v) is 16.2. The number of rotatable bonds is 8. The van der Waals surface area contributed by atoms with E-state index in [1.165, 1.54) is 20.3 Å². The summed E-state index contributed by atoms with van der Waals surface area (Å²) in [5.74, 6) is -0.650. The largest absolute Gasteiger partial charge is 0.497 e. The highest BCUT2D eigenvalue weighted by Gasteiger charge is 2.24. The smallest absolute Gasteiger partial charge is 0.342 e. The summed E-state index contributed by atoms with van der Waals surface area (Å²) in [5.41, 5.74) is 1.04. The standard InChI is InChI=1S/C21H22N2O6/c1-27-16-8-9-18(28-2)17(11-16)21(26)29-12-19(24)22-15-5-3-4-13(10-15)20(25)23-14-6-7-14/h3-5,8-11,14H,6-7,12H2,1-2H3,(H,22,24)(H,23,25). The molecule has 29 heavy (non-hydrogen) atoms. The first kappa shape index (κ1) is 20.2. The minimum Gasteiger partial charge on any atom is -0.497 e. The third-order valence-corrected chi connectivity index (χ3v) is 4.28. The molecular formula is C21H22N2O6. The highest BCUT2D eigenvalue weighted by Crippen LogP contribution is 2.24. The van der Waals surface area contributed by atoms with Crippen LogP contribution in [0.5, 0.6) is 11.5 Å². The van der Waals surface area contributed by atoms with Crippen molar-refractivity contribution in [1.29, 1.82) is 0 Å². The van der Waals surface area contributed by atoms with E-state index in [0.29, 0.717) is 22.7 Å². The third kappa shape index (κ3) is 5.47. The van der Waals surface area contributed by atoms with Gasteiger partial charge in [0.15, 0.2) is 6.61 Å². The zero-order valence-electron chi connectivity index (χ0n) is 16.2. The van der Waals surface area contributed by atoms with Crippen LogP contribution in [0, 0.1) is 0 Å². The van der Waals surface area contributed by atoms with E-state index in [2.05, 4.69) is 10.6 Å². The first-order valence-corrected chi connectivity index (χ1v) is 9.10. The van der Waals surface area contributed by atoms with Crippen LogP contribution in [0.2, 0.25) is 0 Å². The van der Waals surface area contributed by atoms with Gasteiger partial charge in [-0.05, 0) is 49.2 Å². The number of carbonyl (C=O) groups excluding carboxylic acids is 3. The van der Waals surface area contributed by atoms with Gasteiger partial charge >= 0.3 is 5.97 Å². The Morgan fingerprint density at radius 3 is 2.52 bits per heavy atom. The van der Waals surface area contributed by atoms with Gasteiger partial charge in [0.25, 0.3) is 11.8 Å². The van der Waals surface area contributed by atoms with E-state index < -0.39 is 18.5 Å². The van der Waals surface area contributed by atoms with Gasteiger partial charge in [0.05, 0.1) is 14.2 Å². The summed E-state index contributed by atoms with van der Waals surface area (Å²) in [6, 6.07) is 11.5. The average Bonchev–Trinajstić information content (AvgIpc) is 3.55. The number of methoxy groups -OCH3 is 2. The van der Waals surface area contributed by atoms with E-state index in [1.54, 1.807) is 36.4 Å². The van der Waals surface area contributed by atoms with Crippen LogP contribution in [-0.2, 0) is 9.53 Å². The van der Waals surface area contributed by atoms with Crippen molar-refractivity contribution in [2.45, 2.75) is 18.9 Å². The van der Waals surface area contributed by atoms with Crippen molar-refractivity contribution < 1.29 is 28.6 Å². The molecule has 2 aromatic carbocycles. The van der Waals surface area contributed by atoms with E-state index in [4.69, 9.17) is 14.2 Å². The summed E-state index contributed by atoms with van der Waals surface area (Å²) in [6.45, 7) is -0.488. The predicted molar refractivity (Wildman–Crippen MR) is 105 cm³/mol. The highest BCUT2D eigenvalue weighted by atomic mass is 16.5. The van der Waals surface area contributed by atoms with E-state index in [-0.39, 0.29) is 17.5 Å². The molecule has 1 saturated carbocycles. The molecule has 0 radical (unpaired) electrons. The molecule has 3 rings (SSSR count). The molecule has 152 valence electrons. The summed E-state index contributed by atoms with van der Waals surface area (Å²) in [6.07, 6.45) is 1.98. The van der Waals surface area contributed by atoms with Crippen LogP contribution in [0.15, 0.2) is 42.5 Å². The van der Waals surface area contributed by atoms with Crippen molar-refractivity contribution in [2.24, 2.45) is 0 Å². The average molecular weight is 398 g/mol. The topological polar surface area (TPSA) is 103 Å². The molecule has 2 N–H and O–H groups in total. The molecule has 8 heteroatoms. The number of amides is 2. The Bertz CT molecular complexity index is 923. The maximum Gasteiger partial charge on any atom is 0.342 e. The Morgan fingerprint density at radius 1 is 1.03 bits per heavy atom. The van der Waals surface area contributed by atoms with Crippen LogP contribution in [0.1, 0.15) is 33.6 Å². The van der Waals surface area contributed by atoms with Gasteiger partial charge in [-0.15, -0.1) is 0 Å². The van der Waals surface area contributed by atoms with Crippen LogP contribution in [0.3, 0.4) is 0 Å². The van der Waals surface area contributed by atoms with Crippen molar-refractivity contribution in [3.8, 4) is 11.5 Å². The minimum atomic E-state index is -0.714. The number of benzene rings is 2. The third-order valence-electron chi connectivity index (χ3n) is 4.28. The van der Waals surface area contributed by atoms with Gasteiger partial charge < -0.3 is 24.8 Å². The summed E-state index contributed by atoms with van der Waals surface area (Å²) in [4.78, 5) is 36.6. The van der Waals surface area contributed by atoms with Crippen LogP contribution in [-0.4, -0.2) is 44.7 Å². The zero-order chi connectivity index (χ0) is 20.8. The molecule has 2 aromatic rings. The lowest BCUT2D eigenvalue weighted by atomic mass is 10.2. The molecule has 0 aliphatic heterocycles. The van der Waals surface area contributed by atoms with Crippen molar-refractivity contribution in [3.63, 3.8) is 0 Å². The first-order chi connectivity index (χ1) is 14.0. The Morgan fingerprint density at radius 2 is 1.83 bits per heavy atom. The maximum absolute atomic E-state index is 12.3. The maximum atomic E-state index is 12.3. The lowest BCUT2D eigenvalue weighted by Gasteiger charge is -2.11. The van der Waals surface area contributed by atoms with Crippen molar-refractivity contribution >= 4 is 23.5 Å². The Balaban J connectivity index is 1.57. The highest BCUT2D eigenvalue weighted by molar-refractivity contribution is 5.99. The second-order valence-corrected chi connectivity index (χ2v) is 6.52. The van der Waals surface area contributed by atoms with Gasteiger partial charge in [-0.3, -0.25) is 9.59 Å². The molecule has 2 amide bonds. The van der Waals surface area contributed by atoms with Gasteiger partial charge in [0.2, 0.25) is 0 Å². The fraction of sp³-hybridized carbons (Fsp3) is 0.286. The number of carbonyl (C=O) groups is 3. The van der Waals surface area contributed by atoms with Gasteiger partial charge in [0, 0.05) is 17.3 Å². The van der Waals surface area contributed by atoms with Crippen molar-refractivity contribution in [2.75, 3.05) is 26.1 Å². The molecule has 0 unspecified atom stereocenters. The summed E-state index contributed by atoms with van der Waals surface area (Å²) >= 11 is 0. The van der Waals surface area contributed by atoms with E-state index in [1.807, 2.05) is 0 Å². The molecule has 1 aliphatic carbocycles. The molecule has 0 aromatic heterocycles. The number of hydrogen-bond donors (Lipinski definition) is 2. The van der Waals surface area contributed by atoms with Crippen LogP contribution < -0.4 is 20.1 Å². The minimum absolute atomic E-state index is 0.151. The van der Waals surface area contributed by atoms with E-state index in [0.717, 1.165) is 12.8 Å². The van der Waals surface area contributed by atoms with Gasteiger partial charge in [-0.2, -0.15) is 0 Å². The number of hydrogen-bond acceptors (Lipinski definition) is 6. The second kappa shape index (κ2) is 9.09. The molecule has 0 atom stereocenters. The summed E-state index contributed by atoms with van der Waals surface area (Å²) in [5, 5.41) is 5.50. The quantitative estimate of drug-likeness (QED) is 0.662. The van der Waals surface area contributed by atoms with Gasteiger partial charge in [-0.1, -0.05) is 6.07 Å². The van der Waals surface area contributed by atoms with E-state index >= 15 is 0 Å². The lowest BCUT2D eigenvalue weighted by molar-refractivity contribution is -0.119. The predicted octanol–water partition coefficient (Wildman–Crippen LogP) is 2.39. The Kier molecular flexibility index (Phi) is 6.33. The fourth-order valence-corrected chi connectivity index (χ4v) is 2.61. The molecule has 0 heterocycles. The summed E-state index contributed by atoms with van der Waals surface area (Å²) in [7, 11) is 2.90. The summed E-state index contributed by atoms with van der Waals surface area (Å²) < 4.78 is 15.3. The molecule has 1 fully saturated rings. The first-order valence-electron chi connectivity index (χ1n) is 9.10. The Hall–Kier alpha value is -3.55. The molecule has 0 spiro atoms. The van der Waals surface area contributed by atoms with Gasteiger partial charge in [0.1, 0.15) is 17.1 Å². The van der Waals surface area contributed by atoms with Crippen molar-refractivity contribution in [1.82, 2.24) is 5.32 Å². The van der Waals surface area contributed by atoms with Gasteiger partial charge in [-0.25, -0.2) is 4.79 Å². The molecule has 0 bridgehead atoms.